The van der Waals surface area contributed by atoms with E-state index in [-0.39, 0.29) is 17.6 Å². The summed E-state index contributed by atoms with van der Waals surface area (Å²) in [6.45, 7) is 2.31. The molecule has 0 aliphatic heterocycles. The molecule has 0 fully saturated rings. The van der Waals surface area contributed by atoms with Crippen LogP contribution >= 0.6 is 0 Å². The third-order valence-corrected chi connectivity index (χ3v) is 4.64. The smallest absolute Gasteiger partial charge is 0.291 e. The summed E-state index contributed by atoms with van der Waals surface area (Å²) >= 11 is 0. The molecule has 0 aliphatic carbocycles. The minimum atomic E-state index is -0.367. The predicted molar refractivity (Wildman–Crippen MR) is 113 cm³/mol. The van der Waals surface area contributed by atoms with Crippen LogP contribution in [0.4, 0.5) is 5.69 Å². The summed E-state index contributed by atoms with van der Waals surface area (Å²) in [6.07, 6.45) is 2.07. The first-order valence-corrected chi connectivity index (χ1v) is 9.46. The number of furan rings is 1. The van der Waals surface area contributed by atoms with Crippen LogP contribution in [-0.2, 0) is 6.42 Å². The van der Waals surface area contributed by atoms with Gasteiger partial charge in [-0.05, 0) is 60.9 Å². The Balaban J connectivity index is 1.61. The minimum absolute atomic E-state index is 0.208. The summed E-state index contributed by atoms with van der Waals surface area (Å²) < 4.78 is 15.6. The van der Waals surface area contributed by atoms with Crippen molar-refractivity contribution >= 4 is 17.5 Å². The van der Waals surface area contributed by atoms with Gasteiger partial charge in [0.1, 0.15) is 0 Å². The average Bonchev–Trinajstić information content (AvgIpc) is 3.30. The molecule has 0 saturated heterocycles. The topological polar surface area (TPSA) is 89.8 Å². The third kappa shape index (κ3) is 5.00. The Morgan fingerprint density at radius 3 is 2.47 bits per heavy atom. The number of ether oxygens (including phenoxy) is 2. The van der Waals surface area contributed by atoms with Crippen molar-refractivity contribution in [1.82, 2.24) is 5.32 Å². The van der Waals surface area contributed by atoms with Crippen LogP contribution in [0.1, 0.15) is 32.0 Å². The molecule has 0 atom stereocenters. The van der Waals surface area contributed by atoms with Gasteiger partial charge in [-0.1, -0.05) is 12.1 Å². The molecule has 0 bridgehead atoms. The van der Waals surface area contributed by atoms with E-state index in [1.807, 2.05) is 25.1 Å². The van der Waals surface area contributed by atoms with Crippen LogP contribution in [0, 0.1) is 6.92 Å². The molecule has 3 rings (SSSR count). The SMILES string of the molecule is COc1ccc(CCNC(=O)c2ccc(C)c(NC(=O)c3ccco3)c2)cc1OC. The maximum atomic E-state index is 12.5. The molecule has 2 aromatic carbocycles. The Kier molecular flexibility index (Phi) is 6.75. The summed E-state index contributed by atoms with van der Waals surface area (Å²) in [5.41, 5.74) is 2.88. The van der Waals surface area contributed by atoms with E-state index < -0.39 is 0 Å². The normalized spacial score (nSPS) is 10.4. The number of carbonyl (C=O) groups is 2. The molecule has 1 aromatic heterocycles. The highest BCUT2D eigenvalue weighted by atomic mass is 16.5. The lowest BCUT2D eigenvalue weighted by atomic mass is 10.1. The van der Waals surface area contributed by atoms with Crippen LogP contribution in [0.3, 0.4) is 0 Å². The highest BCUT2D eigenvalue weighted by Crippen LogP contribution is 2.27. The number of benzene rings is 2. The van der Waals surface area contributed by atoms with E-state index >= 15 is 0 Å². The number of hydrogen-bond acceptors (Lipinski definition) is 5. The monoisotopic (exact) mass is 408 g/mol. The summed E-state index contributed by atoms with van der Waals surface area (Å²) in [6, 6.07) is 14.1. The van der Waals surface area contributed by atoms with Crippen LogP contribution in [0.5, 0.6) is 11.5 Å². The lowest BCUT2D eigenvalue weighted by molar-refractivity contribution is 0.0952. The van der Waals surface area contributed by atoms with Crippen molar-refractivity contribution < 1.29 is 23.5 Å². The molecular weight excluding hydrogens is 384 g/mol. The number of hydrogen-bond donors (Lipinski definition) is 2. The molecule has 0 aliphatic rings. The first-order valence-electron chi connectivity index (χ1n) is 9.46. The molecule has 1 heterocycles. The zero-order chi connectivity index (χ0) is 21.5. The van der Waals surface area contributed by atoms with E-state index in [0.29, 0.717) is 35.7 Å². The Morgan fingerprint density at radius 2 is 1.77 bits per heavy atom. The molecule has 30 heavy (non-hydrogen) atoms. The summed E-state index contributed by atoms with van der Waals surface area (Å²) in [5, 5.41) is 5.67. The molecule has 7 nitrogen and oxygen atoms in total. The number of anilines is 1. The van der Waals surface area contributed by atoms with Gasteiger partial charge in [0.2, 0.25) is 0 Å². The molecule has 0 saturated carbocycles. The maximum Gasteiger partial charge on any atom is 0.291 e. The molecule has 0 spiro atoms. The minimum Gasteiger partial charge on any atom is -0.493 e. The lowest BCUT2D eigenvalue weighted by Gasteiger charge is -2.11. The van der Waals surface area contributed by atoms with E-state index in [4.69, 9.17) is 13.9 Å². The van der Waals surface area contributed by atoms with E-state index in [2.05, 4.69) is 10.6 Å². The summed E-state index contributed by atoms with van der Waals surface area (Å²) in [5.74, 6) is 0.933. The van der Waals surface area contributed by atoms with Crippen molar-refractivity contribution in [3.8, 4) is 11.5 Å². The Morgan fingerprint density at radius 1 is 0.967 bits per heavy atom. The fraction of sp³-hybridized carbons (Fsp3) is 0.217. The van der Waals surface area contributed by atoms with Crippen molar-refractivity contribution in [3.05, 3.63) is 77.2 Å². The number of amides is 2. The van der Waals surface area contributed by atoms with E-state index in [1.165, 1.54) is 6.26 Å². The number of carbonyl (C=O) groups excluding carboxylic acids is 2. The fourth-order valence-corrected chi connectivity index (χ4v) is 2.95. The van der Waals surface area contributed by atoms with Gasteiger partial charge in [-0.2, -0.15) is 0 Å². The Hall–Kier alpha value is -3.74. The number of aryl methyl sites for hydroxylation is 1. The van der Waals surface area contributed by atoms with Gasteiger partial charge in [-0.15, -0.1) is 0 Å². The first-order chi connectivity index (χ1) is 14.5. The number of rotatable bonds is 8. The molecule has 7 heteroatoms. The van der Waals surface area contributed by atoms with Crippen molar-refractivity contribution in [2.24, 2.45) is 0 Å². The average molecular weight is 408 g/mol. The van der Waals surface area contributed by atoms with Crippen molar-refractivity contribution in [2.75, 3.05) is 26.1 Å². The van der Waals surface area contributed by atoms with Gasteiger partial charge in [-0.3, -0.25) is 9.59 Å². The van der Waals surface area contributed by atoms with E-state index in [0.717, 1.165) is 11.1 Å². The quantitative estimate of drug-likeness (QED) is 0.591. The van der Waals surface area contributed by atoms with Crippen LogP contribution < -0.4 is 20.1 Å². The number of methoxy groups -OCH3 is 2. The summed E-state index contributed by atoms with van der Waals surface area (Å²) in [4.78, 5) is 24.8. The van der Waals surface area contributed by atoms with E-state index in [1.54, 1.807) is 44.6 Å². The molecule has 2 N–H and O–H groups in total. The standard InChI is InChI=1S/C23H24N2O5/c1-15-6-8-17(14-18(15)25-23(27)20-5-4-12-30-20)22(26)24-11-10-16-7-9-19(28-2)21(13-16)29-3/h4-9,12-14H,10-11H2,1-3H3,(H,24,26)(H,25,27). The van der Waals surface area contributed by atoms with Crippen LogP contribution in [0.15, 0.2) is 59.2 Å². The molecule has 3 aromatic rings. The van der Waals surface area contributed by atoms with Crippen LogP contribution in [0.25, 0.3) is 0 Å². The highest BCUT2D eigenvalue weighted by Gasteiger charge is 2.13. The molecule has 0 unspecified atom stereocenters. The van der Waals surface area contributed by atoms with Crippen molar-refractivity contribution in [3.63, 3.8) is 0 Å². The van der Waals surface area contributed by atoms with Crippen molar-refractivity contribution in [2.45, 2.75) is 13.3 Å². The van der Waals surface area contributed by atoms with Gasteiger partial charge < -0.3 is 24.5 Å². The predicted octanol–water partition coefficient (Wildman–Crippen LogP) is 3.83. The largest absolute Gasteiger partial charge is 0.493 e. The lowest BCUT2D eigenvalue weighted by Crippen LogP contribution is -2.26. The highest BCUT2D eigenvalue weighted by molar-refractivity contribution is 6.03. The number of nitrogens with one attached hydrogen (secondary N) is 2. The Labute approximate surface area is 175 Å². The van der Waals surface area contributed by atoms with Gasteiger partial charge in [0, 0.05) is 17.8 Å². The summed E-state index contributed by atoms with van der Waals surface area (Å²) in [7, 11) is 3.17. The first kappa shape index (κ1) is 21.0. The zero-order valence-corrected chi connectivity index (χ0v) is 17.2. The fourth-order valence-electron chi connectivity index (χ4n) is 2.95. The second kappa shape index (κ2) is 9.65. The van der Waals surface area contributed by atoms with E-state index in [9.17, 15) is 9.59 Å². The van der Waals surface area contributed by atoms with Gasteiger partial charge in [0.05, 0.1) is 20.5 Å². The maximum absolute atomic E-state index is 12.5. The van der Waals surface area contributed by atoms with Crippen LogP contribution in [-0.4, -0.2) is 32.6 Å². The van der Waals surface area contributed by atoms with Gasteiger partial charge >= 0.3 is 0 Å². The molecular formula is C23H24N2O5. The van der Waals surface area contributed by atoms with Crippen LogP contribution in [0.2, 0.25) is 0 Å². The Bertz CT molecular complexity index is 1030. The second-order valence-electron chi connectivity index (χ2n) is 6.66. The molecule has 156 valence electrons. The van der Waals surface area contributed by atoms with Gasteiger partial charge in [0.25, 0.3) is 11.8 Å². The van der Waals surface area contributed by atoms with Gasteiger partial charge in [0.15, 0.2) is 17.3 Å². The molecule has 2 amide bonds. The second-order valence-corrected chi connectivity index (χ2v) is 6.66. The third-order valence-electron chi connectivity index (χ3n) is 4.64. The zero-order valence-electron chi connectivity index (χ0n) is 17.2. The molecule has 0 radical (unpaired) electrons. The van der Waals surface area contributed by atoms with Gasteiger partial charge in [-0.25, -0.2) is 0 Å². The van der Waals surface area contributed by atoms with Crippen molar-refractivity contribution in [1.29, 1.82) is 0 Å².